The fourth-order valence-corrected chi connectivity index (χ4v) is 3.49. The zero-order chi connectivity index (χ0) is 17.2. The van der Waals surface area contributed by atoms with Crippen LogP contribution in [0.5, 0.6) is 5.88 Å². The van der Waals surface area contributed by atoms with Gasteiger partial charge in [-0.1, -0.05) is 6.42 Å². The highest BCUT2D eigenvalue weighted by molar-refractivity contribution is 5.96. The first-order valence-corrected chi connectivity index (χ1v) is 8.13. The number of halogens is 3. The molecule has 2 aliphatic heterocycles. The Balaban J connectivity index is 1.67. The van der Waals surface area contributed by atoms with E-state index >= 15 is 0 Å². The van der Waals surface area contributed by atoms with Crippen molar-refractivity contribution >= 4 is 5.91 Å². The monoisotopic (exact) mass is 343 g/mol. The molecule has 0 aliphatic carbocycles. The lowest BCUT2D eigenvalue weighted by atomic mass is 9.99. The molecule has 0 spiro atoms. The third kappa shape index (κ3) is 3.98. The second-order valence-electron chi connectivity index (χ2n) is 6.23. The second-order valence-corrected chi connectivity index (χ2v) is 6.23. The van der Waals surface area contributed by atoms with Crippen LogP contribution in [0.1, 0.15) is 36.0 Å². The minimum atomic E-state index is -4.47. The number of pyridine rings is 1. The van der Waals surface area contributed by atoms with Gasteiger partial charge in [0.2, 0.25) is 5.88 Å². The molecule has 0 radical (unpaired) electrons. The Labute approximate surface area is 138 Å². The fraction of sp³-hybridized carbons (Fsp3) is 0.625. The summed E-state index contributed by atoms with van der Waals surface area (Å²) in [6.07, 6.45) is 1.04. The number of fused-ring (bicyclic) bond motifs is 1. The van der Waals surface area contributed by atoms with Gasteiger partial charge in [0.1, 0.15) is 5.56 Å². The molecule has 1 amide bonds. The van der Waals surface area contributed by atoms with Crippen molar-refractivity contribution in [1.82, 2.24) is 15.2 Å². The van der Waals surface area contributed by atoms with Crippen molar-refractivity contribution < 1.29 is 22.7 Å². The number of rotatable bonds is 4. The summed E-state index contributed by atoms with van der Waals surface area (Å²) in [5, 5.41) is 2.95. The lowest BCUT2D eigenvalue weighted by Gasteiger charge is -2.32. The lowest BCUT2D eigenvalue weighted by molar-refractivity contribution is -0.154. The molecule has 8 heteroatoms. The first kappa shape index (κ1) is 17.0. The van der Waals surface area contributed by atoms with E-state index in [-0.39, 0.29) is 17.5 Å². The SMILES string of the molecule is O=C(N[C@H]1CCN2CCCC[C@@H]12)c1cccnc1OCC(F)(F)F. The molecule has 2 atom stereocenters. The average molecular weight is 343 g/mol. The molecule has 3 rings (SSSR count). The van der Waals surface area contributed by atoms with E-state index in [1.165, 1.54) is 24.8 Å². The van der Waals surface area contributed by atoms with Gasteiger partial charge >= 0.3 is 6.18 Å². The van der Waals surface area contributed by atoms with E-state index in [2.05, 4.69) is 19.9 Å². The summed E-state index contributed by atoms with van der Waals surface area (Å²) >= 11 is 0. The number of alkyl halides is 3. The van der Waals surface area contributed by atoms with Crippen molar-refractivity contribution in [2.24, 2.45) is 0 Å². The summed E-state index contributed by atoms with van der Waals surface area (Å²) in [4.78, 5) is 18.6. The zero-order valence-corrected chi connectivity index (χ0v) is 13.2. The van der Waals surface area contributed by atoms with Gasteiger partial charge in [0.25, 0.3) is 5.91 Å². The number of hydrogen-bond acceptors (Lipinski definition) is 4. The number of nitrogens with zero attached hydrogens (tertiary/aromatic N) is 2. The number of ether oxygens (including phenoxy) is 1. The Morgan fingerprint density at radius 1 is 1.33 bits per heavy atom. The number of carbonyl (C=O) groups excluding carboxylic acids is 1. The highest BCUT2D eigenvalue weighted by atomic mass is 19.4. The molecule has 1 aromatic rings. The van der Waals surface area contributed by atoms with E-state index in [9.17, 15) is 18.0 Å². The van der Waals surface area contributed by atoms with Gasteiger partial charge in [-0.25, -0.2) is 4.98 Å². The minimum absolute atomic E-state index is 0.0217. The lowest BCUT2D eigenvalue weighted by Crippen LogP contribution is -2.46. The van der Waals surface area contributed by atoms with Crippen LogP contribution in [0.2, 0.25) is 0 Å². The molecule has 1 N–H and O–H groups in total. The smallest absolute Gasteiger partial charge is 0.422 e. The molecular formula is C16H20F3N3O2. The van der Waals surface area contributed by atoms with E-state index in [4.69, 9.17) is 0 Å². The first-order valence-electron chi connectivity index (χ1n) is 8.13. The van der Waals surface area contributed by atoms with Crippen LogP contribution in [0.4, 0.5) is 13.2 Å². The molecule has 0 aromatic carbocycles. The number of aromatic nitrogens is 1. The van der Waals surface area contributed by atoms with E-state index in [1.807, 2.05) is 0 Å². The van der Waals surface area contributed by atoms with Crippen molar-refractivity contribution in [3.8, 4) is 5.88 Å². The summed E-state index contributed by atoms with van der Waals surface area (Å²) < 4.78 is 41.7. The van der Waals surface area contributed by atoms with Crippen LogP contribution >= 0.6 is 0 Å². The number of piperidine rings is 1. The standard InChI is InChI=1S/C16H20F3N3O2/c17-16(18,19)10-24-15-11(4-3-7-20-15)14(23)21-12-6-9-22-8-2-1-5-13(12)22/h3-4,7,12-13H,1-2,5-6,8-10H2,(H,21,23)/t12-,13-/m0/s1. The molecule has 2 fully saturated rings. The summed E-state index contributed by atoms with van der Waals surface area (Å²) in [6, 6.07) is 3.28. The van der Waals surface area contributed by atoms with Gasteiger partial charge < -0.3 is 10.1 Å². The number of carbonyl (C=O) groups is 1. The van der Waals surface area contributed by atoms with Gasteiger partial charge in [-0.3, -0.25) is 9.69 Å². The molecule has 0 unspecified atom stereocenters. The van der Waals surface area contributed by atoms with E-state index in [0.717, 1.165) is 32.4 Å². The van der Waals surface area contributed by atoms with Crippen LogP contribution in [0, 0.1) is 0 Å². The Hall–Kier alpha value is -1.83. The molecule has 2 aliphatic rings. The maximum Gasteiger partial charge on any atom is 0.422 e. The number of hydrogen-bond donors (Lipinski definition) is 1. The molecule has 132 valence electrons. The summed E-state index contributed by atoms with van der Waals surface area (Å²) in [5.41, 5.74) is 0.0380. The van der Waals surface area contributed by atoms with Crippen molar-refractivity contribution in [3.63, 3.8) is 0 Å². The van der Waals surface area contributed by atoms with Gasteiger partial charge in [-0.05, 0) is 37.9 Å². The summed E-state index contributed by atoms with van der Waals surface area (Å²) in [5.74, 6) is -0.719. The number of nitrogens with one attached hydrogen (secondary N) is 1. The Morgan fingerprint density at radius 2 is 2.17 bits per heavy atom. The predicted molar refractivity (Wildman–Crippen MR) is 80.9 cm³/mol. The molecule has 3 heterocycles. The van der Waals surface area contributed by atoms with Crippen LogP contribution < -0.4 is 10.1 Å². The highest BCUT2D eigenvalue weighted by Gasteiger charge is 2.37. The summed E-state index contributed by atoms with van der Waals surface area (Å²) in [6.45, 7) is 0.522. The van der Waals surface area contributed by atoms with Crippen molar-refractivity contribution in [2.45, 2.75) is 43.9 Å². The Kier molecular flexibility index (Phi) is 4.93. The quantitative estimate of drug-likeness (QED) is 0.912. The van der Waals surface area contributed by atoms with E-state index in [0.29, 0.717) is 6.04 Å². The summed E-state index contributed by atoms with van der Waals surface area (Å²) in [7, 11) is 0. The molecule has 24 heavy (non-hydrogen) atoms. The normalized spacial score (nSPS) is 24.5. The van der Waals surface area contributed by atoms with Crippen LogP contribution in [-0.2, 0) is 0 Å². The van der Waals surface area contributed by atoms with Gasteiger partial charge in [0.05, 0.1) is 0 Å². The average Bonchev–Trinajstić information content (AvgIpc) is 2.96. The predicted octanol–water partition coefficient (Wildman–Crippen LogP) is 2.38. The van der Waals surface area contributed by atoms with Crippen molar-refractivity contribution in [1.29, 1.82) is 0 Å². The topological polar surface area (TPSA) is 54.5 Å². The molecule has 0 saturated carbocycles. The molecule has 1 aromatic heterocycles. The third-order valence-corrected chi connectivity index (χ3v) is 4.56. The molecule has 5 nitrogen and oxygen atoms in total. The molecule has 0 bridgehead atoms. The van der Waals surface area contributed by atoms with E-state index < -0.39 is 18.7 Å². The molecule has 2 saturated heterocycles. The maximum atomic E-state index is 12.5. The van der Waals surface area contributed by atoms with Gasteiger partial charge in [-0.15, -0.1) is 0 Å². The fourth-order valence-electron chi connectivity index (χ4n) is 3.49. The van der Waals surface area contributed by atoms with Crippen LogP contribution in [-0.4, -0.2) is 53.7 Å². The maximum absolute atomic E-state index is 12.5. The third-order valence-electron chi connectivity index (χ3n) is 4.56. The minimum Gasteiger partial charge on any atom is -0.467 e. The second kappa shape index (κ2) is 6.96. The van der Waals surface area contributed by atoms with Crippen molar-refractivity contribution in [2.75, 3.05) is 19.7 Å². The van der Waals surface area contributed by atoms with Crippen LogP contribution in [0.25, 0.3) is 0 Å². The van der Waals surface area contributed by atoms with Crippen LogP contribution in [0.3, 0.4) is 0 Å². The first-order chi connectivity index (χ1) is 11.4. The van der Waals surface area contributed by atoms with E-state index in [1.54, 1.807) is 0 Å². The van der Waals surface area contributed by atoms with Gasteiger partial charge in [0, 0.05) is 24.8 Å². The van der Waals surface area contributed by atoms with Crippen LogP contribution in [0.15, 0.2) is 18.3 Å². The van der Waals surface area contributed by atoms with Crippen molar-refractivity contribution in [3.05, 3.63) is 23.9 Å². The Morgan fingerprint density at radius 3 is 2.96 bits per heavy atom. The zero-order valence-electron chi connectivity index (χ0n) is 13.2. The Bertz CT molecular complexity index is 594. The molecular weight excluding hydrogens is 323 g/mol. The largest absolute Gasteiger partial charge is 0.467 e. The number of amides is 1. The van der Waals surface area contributed by atoms with Gasteiger partial charge in [0.15, 0.2) is 6.61 Å². The van der Waals surface area contributed by atoms with Gasteiger partial charge in [-0.2, -0.15) is 13.2 Å². The highest BCUT2D eigenvalue weighted by Crippen LogP contribution is 2.28.